The first-order chi connectivity index (χ1) is 7.93. The molecule has 1 aromatic rings. The van der Waals surface area contributed by atoms with Crippen LogP contribution in [0.2, 0.25) is 5.02 Å². The van der Waals surface area contributed by atoms with Gasteiger partial charge in [-0.05, 0) is 18.2 Å². The number of ether oxygens (including phenoxy) is 1. The molecule has 0 heterocycles. The number of benzene rings is 1. The Morgan fingerprint density at radius 1 is 1.47 bits per heavy atom. The van der Waals surface area contributed by atoms with Crippen LogP contribution in [0.1, 0.15) is 0 Å². The van der Waals surface area contributed by atoms with Crippen LogP contribution in [0.15, 0.2) is 23.1 Å². The summed E-state index contributed by atoms with van der Waals surface area (Å²) in [6, 6.07) is 4.28. The maximum atomic E-state index is 12.1. The fraction of sp³-hybridized carbons (Fsp3) is 0.300. The highest BCUT2D eigenvalue weighted by Crippen LogP contribution is 2.28. The van der Waals surface area contributed by atoms with Crippen LogP contribution in [0.4, 0.5) is 0 Å². The molecule has 0 radical (unpaired) electrons. The molecule has 0 bridgehead atoms. The predicted octanol–water partition coefficient (Wildman–Crippen LogP) is 1.17. The van der Waals surface area contributed by atoms with Gasteiger partial charge in [0.15, 0.2) is 0 Å². The zero-order valence-corrected chi connectivity index (χ0v) is 11.0. The quantitative estimate of drug-likeness (QED) is 0.758. The molecule has 0 aliphatic heterocycles. The molecule has 1 rings (SSSR count). The van der Waals surface area contributed by atoms with Crippen LogP contribution in [-0.2, 0) is 14.8 Å². The molecule has 7 heteroatoms. The number of sulfonamides is 1. The first-order valence-corrected chi connectivity index (χ1v) is 6.48. The van der Waals surface area contributed by atoms with Crippen molar-refractivity contribution in [1.82, 2.24) is 4.31 Å². The SMILES string of the molecule is COc1ccc(Cl)cc1S(=O)(=O)N(C)CC=O. The molecule has 0 aliphatic carbocycles. The van der Waals surface area contributed by atoms with Gasteiger partial charge in [0.25, 0.3) is 0 Å². The van der Waals surface area contributed by atoms with Crippen molar-refractivity contribution < 1.29 is 17.9 Å². The van der Waals surface area contributed by atoms with Crippen molar-refractivity contribution in [2.24, 2.45) is 0 Å². The van der Waals surface area contributed by atoms with Gasteiger partial charge in [-0.25, -0.2) is 8.42 Å². The second-order valence-electron chi connectivity index (χ2n) is 3.25. The summed E-state index contributed by atoms with van der Waals surface area (Å²) in [5.41, 5.74) is 0. The van der Waals surface area contributed by atoms with Crippen molar-refractivity contribution in [3.8, 4) is 5.75 Å². The summed E-state index contributed by atoms with van der Waals surface area (Å²) < 4.78 is 30.1. The minimum Gasteiger partial charge on any atom is -0.495 e. The highest BCUT2D eigenvalue weighted by atomic mass is 35.5. The number of aldehydes is 1. The Morgan fingerprint density at radius 3 is 2.65 bits per heavy atom. The maximum absolute atomic E-state index is 12.1. The first-order valence-electron chi connectivity index (χ1n) is 4.67. The molecule has 94 valence electrons. The van der Waals surface area contributed by atoms with E-state index in [0.717, 1.165) is 4.31 Å². The van der Waals surface area contributed by atoms with Crippen molar-refractivity contribution in [3.63, 3.8) is 0 Å². The topological polar surface area (TPSA) is 63.7 Å². The van der Waals surface area contributed by atoms with Gasteiger partial charge in [-0.3, -0.25) is 0 Å². The molecule has 0 atom stereocenters. The average Bonchev–Trinajstić information content (AvgIpc) is 2.29. The molecule has 0 saturated carbocycles. The van der Waals surface area contributed by atoms with Crippen LogP contribution < -0.4 is 4.74 Å². The second-order valence-corrected chi connectivity index (χ2v) is 5.70. The molecule has 0 amide bonds. The van der Waals surface area contributed by atoms with E-state index in [1.165, 1.54) is 32.4 Å². The monoisotopic (exact) mass is 277 g/mol. The third kappa shape index (κ3) is 2.96. The number of halogens is 1. The molecular weight excluding hydrogens is 266 g/mol. The fourth-order valence-corrected chi connectivity index (χ4v) is 2.73. The van der Waals surface area contributed by atoms with Gasteiger partial charge in [-0.2, -0.15) is 4.31 Å². The van der Waals surface area contributed by atoms with E-state index in [0.29, 0.717) is 6.29 Å². The van der Waals surface area contributed by atoms with E-state index in [4.69, 9.17) is 16.3 Å². The van der Waals surface area contributed by atoms with E-state index in [1.54, 1.807) is 0 Å². The number of likely N-dealkylation sites (N-methyl/N-ethyl adjacent to an activating group) is 1. The van der Waals surface area contributed by atoms with E-state index in [9.17, 15) is 13.2 Å². The van der Waals surface area contributed by atoms with Crippen molar-refractivity contribution >= 4 is 27.9 Å². The zero-order chi connectivity index (χ0) is 13.1. The van der Waals surface area contributed by atoms with Gasteiger partial charge >= 0.3 is 0 Å². The normalized spacial score (nSPS) is 11.5. The highest BCUT2D eigenvalue weighted by Gasteiger charge is 2.24. The van der Waals surface area contributed by atoms with E-state index >= 15 is 0 Å². The number of carbonyl (C=O) groups is 1. The van der Waals surface area contributed by atoms with Crippen molar-refractivity contribution in [1.29, 1.82) is 0 Å². The third-order valence-corrected chi connectivity index (χ3v) is 4.23. The second kappa shape index (κ2) is 5.48. The van der Waals surface area contributed by atoms with E-state index in [1.807, 2.05) is 0 Å². The van der Waals surface area contributed by atoms with Crippen LogP contribution >= 0.6 is 11.6 Å². The van der Waals surface area contributed by atoms with Crippen LogP contribution in [0.3, 0.4) is 0 Å². The standard InChI is InChI=1S/C10H12ClNO4S/c1-12(5-6-13)17(14,15)10-7-8(11)3-4-9(10)16-2/h3-4,6-7H,5H2,1-2H3. The number of nitrogens with zero attached hydrogens (tertiary/aromatic N) is 1. The average molecular weight is 278 g/mol. The largest absolute Gasteiger partial charge is 0.495 e. The summed E-state index contributed by atoms with van der Waals surface area (Å²) in [6.07, 6.45) is 0.509. The van der Waals surface area contributed by atoms with Gasteiger partial charge in [0, 0.05) is 12.1 Å². The predicted molar refractivity (Wildman–Crippen MR) is 63.9 cm³/mol. The van der Waals surface area contributed by atoms with E-state index in [-0.39, 0.29) is 22.2 Å². The zero-order valence-electron chi connectivity index (χ0n) is 9.38. The Bertz CT molecular complexity index is 515. The van der Waals surface area contributed by atoms with Crippen LogP contribution in [-0.4, -0.2) is 39.7 Å². The Kier molecular flexibility index (Phi) is 4.50. The number of hydrogen-bond acceptors (Lipinski definition) is 4. The summed E-state index contributed by atoms with van der Waals surface area (Å²) in [6.45, 7) is -0.224. The molecule has 0 aliphatic rings. The van der Waals surface area contributed by atoms with Crippen molar-refractivity contribution in [2.75, 3.05) is 20.7 Å². The summed E-state index contributed by atoms with van der Waals surface area (Å²) in [5.74, 6) is 0.187. The Hall–Kier alpha value is -1.11. The van der Waals surface area contributed by atoms with E-state index < -0.39 is 10.0 Å². The third-order valence-electron chi connectivity index (χ3n) is 2.15. The number of rotatable bonds is 5. The summed E-state index contributed by atoms with van der Waals surface area (Å²) >= 11 is 5.75. The molecule has 0 spiro atoms. The summed E-state index contributed by atoms with van der Waals surface area (Å²) in [5, 5.41) is 0.281. The highest BCUT2D eigenvalue weighted by molar-refractivity contribution is 7.89. The lowest BCUT2D eigenvalue weighted by atomic mass is 10.3. The fourth-order valence-electron chi connectivity index (χ4n) is 1.22. The van der Waals surface area contributed by atoms with Crippen LogP contribution in [0.5, 0.6) is 5.75 Å². The minimum atomic E-state index is -3.77. The number of methoxy groups -OCH3 is 1. The van der Waals surface area contributed by atoms with Gasteiger partial charge in [0.05, 0.1) is 13.7 Å². The molecule has 0 fully saturated rings. The molecule has 5 nitrogen and oxygen atoms in total. The van der Waals surface area contributed by atoms with E-state index in [2.05, 4.69) is 0 Å². The van der Waals surface area contributed by atoms with Gasteiger partial charge in [-0.1, -0.05) is 11.6 Å². The van der Waals surface area contributed by atoms with Gasteiger partial charge in [0.2, 0.25) is 10.0 Å². The molecule has 0 N–H and O–H groups in total. The molecule has 0 aromatic heterocycles. The summed E-state index contributed by atoms with van der Waals surface area (Å²) in [4.78, 5) is 10.3. The van der Waals surface area contributed by atoms with Gasteiger partial charge < -0.3 is 9.53 Å². The molecule has 17 heavy (non-hydrogen) atoms. The Balaban J connectivity index is 3.31. The molecule has 0 unspecified atom stereocenters. The maximum Gasteiger partial charge on any atom is 0.246 e. The van der Waals surface area contributed by atoms with Crippen molar-refractivity contribution in [2.45, 2.75) is 4.90 Å². The first kappa shape index (κ1) is 14.0. The van der Waals surface area contributed by atoms with Gasteiger partial charge in [-0.15, -0.1) is 0 Å². The molecule has 1 aromatic carbocycles. The molecular formula is C10H12ClNO4S. The molecule has 0 saturated heterocycles. The van der Waals surface area contributed by atoms with Gasteiger partial charge in [0.1, 0.15) is 16.9 Å². The Morgan fingerprint density at radius 2 is 2.12 bits per heavy atom. The lowest BCUT2D eigenvalue weighted by Gasteiger charge is -2.16. The smallest absolute Gasteiger partial charge is 0.246 e. The van der Waals surface area contributed by atoms with Crippen molar-refractivity contribution in [3.05, 3.63) is 23.2 Å². The number of hydrogen-bond donors (Lipinski definition) is 0. The Labute approximate surface area is 105 Å². The minimum absolute atomic E-state index is 0.0585. The lowest BCUT2D eigenvalue weighted by molar-refractivity contribution is -0.107. The lowest BCUT2D eigenvalue weighted by Crippen LogP contribution is -2.28. The number of carbonyl (C=O) groups excluding carboxylic acids is 1. The van der Waals surface area contributed by atoms with Crippen LogP contribution in [0.25, 0.3) is 0 Å². The van der Waals surface area contributed by atoms with Crippen LogP contribution in [0, 0.1) is 0 Å². The summed E-state index contributed by atoms with van der Waals surface area (Å²) in [7, 11) is -1.10.